The number of nitrogens with one attached hydrogen (secondary N) is 1. The van der Waals surface area contributed by atoms with Crippen LogP contribution in [0.5, 0.6) is 0 Å². The zero-order chi connectivity index (χ0) is 14.3. The predicted molar refractivity (Wildman–Crippen MR) is 70.8 cm³/mol. The van der Waals surface area contributed by atoms with Gasteiger partial charge in [0.1, 0.15) is 5.82 Å². The first-order valence-corrected chi connectivity index (χ1v) is 6.32. The van der Waals surface area contributed by atoms with E-state index in [1.807, 2.05) is 0 Å². The lowest BCUT2D eigenvalue weighted by molar-refractivity contribution is 0.0692. The first-order valence-electron chi connectivity index (χ1n) is 6.32. The van der Waals surface area contributed by atoms with Gasteiger partial charge in [0.15, 0.2) is 0 Å². The number of carboxylic acids is 1. The van der Waals surface area contributed by atoms with E-state index in [2.05, 4.69) is 12.2 Å². The van der Waals surface area contributed by atoms with Crippen LogP contribution in [0.3, 0.4) is 0 Å². The maximum absolute atomic E-state index is 13.5. The molecule has 0 spiro atoms. The summed E-state index contributed by atoms with van der Waals surface area (Å²) in [7, 11) is 1.64. The van der Waals surface area contributed by atoms with E-state index in [1.54, 1.807) is 13.2 Å². The third kappa shape index (κ3) is 4.96. The van der Waals surface area contributed by atoms with E-state index in [1.165, 1.54) is 12.1 Å². The smallest absolute Gasteiger partial charge is 0.338 e. The first kappa shape index (κ1) is 15.6. The number of hydrogen-bond acceptors (Lipinski definition) is 3. The largest absolute Gasteiger partial charge is 0.478 e. The summed E-state index contributed by atoms with van der Waals surface area (Å²) in [5.74, 6) is -1.95. The molecule has 106 valence electrons. The van der Waals surface area contributed by atoms with Gasteiger partial charge in [0.2, 0.25) is 0 Å². The van der Waals surface area contributed by atoms with Gasteiger partial charge in [-0.1, -0.05) is 19.4 Å². The highest BCUT2D eigenvalue weighted by Crippen LogP contribution is 2.11. The summed E-state index contributed by atoms with van der Waals surface area (Å²) in [4.78, 5) is 10.7. The minimum atomic E-state index is -1.25. The molecule has 1 aromatic carbocycles. The second-order valence-electron chi connectivity index (χ2n) is 4.44. The summed E-state index contributed by atoms with van der Waals surface area (Å²) in [5, 5.41) is 12.0. The van der Waals surface area contributed by atoms with Crippen molar-refractivity contribution >= 4 is 5.97 Å². The molecule has 1 aromatic rings. The number of rotatable bonds is 8. The second kappa shape index (κ2) is 7.86. The van der Waals surface area contributed by atoms with Crippen molar-refractivity contribution in [3.05, 3.63) is 35.1 Å². The average Bonchev–Trinajstić information content (AvgIpc) is 2.36. The molecule has 1 rings (SSSR count). The fourth-order valence-corrected chi connectivity index (χ4v) is 1.90. The highest BCUT2D eigenvalue weighted by molar-refractivity contribution is 5.87. The lowest BCUT2D eigenvalue weighted by atomic mass is 10.1. The van der Waals surface area contributed by atoms with Crippen LogP contribution in [0, 0.1) is 5.82 Å². The van der Waals surface area contributed by atoms with Gasteiger partial charge in [0.25, 0.3) is 0 Å². The Labute approximate surface area is 112 Å². The van der Waals surface area contributed by atoms with Crippen LogP contribution in [0.1, 0.15) is 35.7 Å². The molecule has 1 atom stereocenters. The van der Waals surface area contributed by atoms with Crippen molar-refractivity contribution in [2.75, 3.05) is 13.7 Å². The molecule has 0 aliphatic rings. The molecule has 0 aliphatic carbocycles. The van der Waals surface area contributed by atoms with E-state index in [0.717, 1.165) is 18.4 Å². The van der Waals surface area contributed by atoms with Crippen LogP contribution in [-0.2, 0) is 11.3 Å². The Balaban J connectivity index is 2.62. The minimum Gasteiger partial charge on any atom is -0.478 e. The molecular weight excluding hydrogens is 249 g/mol. The Morgan fingerprint density at radius 2 is 2.26 bits per heavy atom. The van der Waals surface area contributed by atoms with Gasteiger partial charge in [-0.3, -0.25) is 0 Å². The molecule has 5 heteroatoms. The summed E-state index contributed by atoms with van der Waals surface area (Å²) in [5.41, 5.74) is 0.422. The molecule has 19 heavy (non-hydrogen) atoms. The third-order valence-corrected chi connectivity index (χ3v) is 2.86. The number of benzene rings is 1. The molecule has 0 saturated carbocycles. The predicted octanol–water partition coefficient (Wildman–Crippen LogP) is 2.43. The molecule has 0 saturated heterocycles. The number of methoxy groups -OCH3 is 1. The molecular formula is C14H20FNO3. The normalized spacial score (nSPS) is 12.4. The summed E-state index contributed by atoms with van der Waals surface area (Å²) >= 11 is 0. The zero-order valence-corrected chi connectivity index (χ0v) is 11.3. The summed E-state index contributed by atoms with van der Waals surface area (Å²) in [6.45, 7) is 3.18. The lowest BCUT2D eigenvalue weighted by Gasteiger charge is -2.17. The van der Waals surface area contributed by atoms with Crippen molar-refractivity contribution in [1.82, 2.24) is 5.32 Å². The van der Waals surface area contributed by atoms with E-state index < -0.39 is 11.8 Å². The molecule has 0 radical (unpaired) electrons. The number of carbonyl (C=O) groups is 1. The van der Waals surface area contributed by atoms with Crippen LogP contribution in [0.25, 0.3) is 0 Å². The van der Waals surface area contributed by atoms with Crippen molar-refractivity contribution < 1.29 is 19.0 Å². The fourth-order valence-electron chi connectivity index (χ4n) is 1.90. The van der Waals surface area contributed by atoms with Gasteiger partial charge < -0.3 is 15.2 Å². The molecule has 0 fully saturated rings. The Hall–Kier alpha value is -1.46. The van der Waals surface area contributed by atoms with Crippen LogP contribution in [0.4, 0.5) is 4.39 Å². The maximum atomic E-state index is 13.5. The van der Waals surface area contributed by atoms with Crippen molar-refractivity contribution in [1.29, 1.82) is 0 Å². The standard InChI is InChI=1S/C14H20FNO3/c1-3-4-11(9-19-2)16-8-10-5-6-12(14(17)18)13(15)7-10/h5-7,11,16H,3-4,8-9H2,1-2H3,(H,17,18). The van der Waals surface area contributed by atoms with Crippen LogP contribution >= 0.6 is 0 Å². The molecule has 0 bridgehead atoms. The number of aromatic carboxylic acids is 1. The molecule has 4 nitrogen and oxygen atoms in total. The molecule has 0 aromatic heterocycles. The number of carboxylic acid groups (broad SMARTS) is 1. The van der Waals surface area contributed by atoms with Crippen LogP contribution in [-0.4, -0.2) is 30.8 Å². The lowest BCUT2D eigenvalue weighted by Crippen LogP contribution is -2.32. The Morgan fingerprint density at radius 1 is 1.53 bits per heavy atom. The summed E-state index contributed by atoms with van der Waals surface area (Å²) in [6.07, 6.45) is 2.01. The van der Waals surface area contributed by atoms with Gasteiger partial charge in [0.05, 0.1) is 12.2 Å². The van der Waals surface area contributed by atoms with Crippen LogP contribution in [0.2, 0.25) is 0 Å². The number of ether oxygens (including phenoxy) is 1. The monoisotopic (exact) mass is 269 g/mol. The Bertz CT molecular complexity index is 417. The first-order chi connectivity index (χ1) is 9.08. The van der Waals surface area contributed by atoms with Gasteiger partial charge in [0, 0.05) is 19.7 Å². The number of halogens is 1. The maximum Gasteiger partial charge on any atom is 0.338 e. The van der Waals surface area contributed by atoms with Crippen LogP contribution in [0.15, 0.2) is 18.2 Å². The summed E-state index contributed by atoms with van der Waals surface area (Å²) in [6, 6.07) is 4.39. The fraction of sp³-hybridized carbons (Fsp3) is 0.500. The van der Waals surface area contributed by atoms with Gasteiger partial charge in [-0.2, -0.15) is 0 Å². The van der Waals surface area contributed by atoms with Crippen molar-refractivity contribution in [2.24, 2.45) is 0 Å². The Morgan fingerprint density at radius 3 is 2.79 bits per heavy atom. The van der Waals surface area contributed by atoms with E-state index in [0.29, 0.717) is 13.2 Å². The van der Waals surface area contributed by atoms with Crippen LogP contribution < -0.4 is 5.32 Å². The molecule has 0 aliphatic heterocycles. The topological polar surface area (TPSA) is 58.6 Å². The van der Waals surface area contributed by atoms with Gasteiger partial charge in [-0.05, 0) is 24.1 Å². The average molecular weight is 269 g/mol. The van der Waals surface area contributed by atoms with Crippen molar-refractivity contribution in [2.45, 2.75) is 32.4 Å². The summed E-state index contributed by atoms with van der Waals surface area (Å²) < 4.78 is 18.6. The Kier molecular flexibility index (Phi) is 6.45. The second-order valence-corrected chi connectivity index (χ2v) is 4.44. The van der Waals surface area contributed by atoms with Crippen molar-refractivity contribution in [3.8, 4) is 0 Å². The van der Waals surface area contributed by atoms with Gasteiger partial charge in [-0.25, -0.2) is 9.18 Å². The molecule has 0 heterocycles. The van der Waals surface area contributed by atoms with Crippen molar-refractivity contribution in [3.63, 3.8) is 0 Å². The zero-order valence-electron chi connectivity index (χ0n) is 11.3. The molecule has 2 N–H and O–H groups in total. The van der Waals surface area contributed by atoms with E-state index in [-0.39, 0.29) is 11.6 Å². The minimum absolute atomic E-state index is 0.220. The molecule has 0 amide bonds. The highest BCUT2D eigenvalue weighted by atomic mass is 19.1. The molecule has 1 unspecified atom stereocenters. The number of hydrogen-bond donors (Lipinski definition) is 2. The van der Waals surface area contributed by atoms with Gasteiger partial charge in [-0.15, -0.1) is 0 Å². The highest BCUT2D eigenvalue weighted by Gasteiger charge is 2.11. The third-order valence-electron chi connectivity index (χ3n) is 2.86. The quantitative estimate of drug-likeness (QED) is 0.761. The van der Waals surface area contributed by atoms with E-state index in [9.17, 15) is 9.18 Å². The van der Waals surface area contributed by atoms with Gasteiger partial charge >= 0.3 is 5.97 Å². The van der Waals surface area contributed by atoms with E-state index in [4.69, 9.17) is 9.84 Å². The SMILES string of the molecule is CCCC(COC)NCc1ccc(C(=O)O)c(F)c1. The van der Waals surface area contributed by atoms with E-state index >= 15 is 0 Å².